The molecule has 0 atom stereocenters. The number of carbonyl (C=O) groups excluding carboxylic acids is 1. The standard InChI is InChI=1S/C13H14N4O/c1-9-4-2-5-10-6-3-7-17(12(9)10)13(18)11-8-14-16-15-11/h2,4-5,8H,3,6-7H2,1H3,(H,14,15,16). The van der Waals surface area contributed by atoms with E-state index in [9.17, 15) is 4.79 Å². The molecule has 18 heavy (non-hydrogen) atoms. The number of H-pyrrole nitrogens is 1. The number of aromatic nitrogens is 3. The predicted octanol–water partition coefficient (Wildman–Crippen LogP) is 1.71. The van der Waals surface area contributed by atoms with Crippen LogP contribution in [0.4, 0.5) is 5.69 Å². The summed E-state index contributed by atoms with van der Waals surface area (Å²) in [6, 6.07) is 6.16. The Bertz CT molecular complexity index is 577. The minimum Gasteiger partial charge on any atom is -0.306 e. The molecule has 0 bridgehead atoms. The van der Waals surface area contributed by atoms with Crippen LogP contribution in [-0.2, 0) is 6.42 Å². The molecule has 2 aromatic rings. The van der Waals surface area contributed by atoms with Gasteiger partial charge in [0, 0.05) is 6.54 Å². The summed E-state index contributed by atoms with van der Waals surface area (Å²) in [5.74, 6) is -0.0843. The highest BCUT2D eigenvalue weighted by Gasteiger charge is 2.26. The van der Waals surface area contributed by atoms with Gasteiger partial charge in [0.1, 0.15) is 0 Å². The summed E-state index contributed by atoms with van der Waals surface area (Å²) in [7, 11) is 0. The van der Waals surface area contributed by atoms with Crippen LogP contribution in [0.2, 0.25) is 0 Å². The number of nitrogens with one attached hydrogen (secondary N) is 1. The number of hydrogen-bond donors (Lipinski definition) is 1. The zero-order chi connectivity index (χ0) is 12.5. The minimum atomic E-state index is -0.0843. The Kier molecular flexibility index (Phi) is 2.59. The summed E-state index contributed by atoms with van der Waals surface area (Å²) in [5.41, 5.74) is 3.77. The molecule has 0 aliphatic carbocycles. The molecular formula is C13H14N4O. The second-order valence-electron chi connectivity index (χ2n) is 4.50. The van der Waals surface area contributed by atoms with E-state index in [0.29, 0.717) is 5.69 Å². The van der Waals surface area contributed by atoms with E-state index in [1.807, 2.05) is 24.0 Å². The quantitative estimate of drug-likeness (QED) is 0.828. The van der Waals surface area contributed by atoms with Crippen LogP contribution in [0.15, 0.2) is 24.4 Å². The van der Waals surface area contributed by atoms with Gasteiger partial charge in [0.15, 0.2) is 5.69 Å². The van der Waals surface area contributed by atoms with Crippen LogP contribution in [0, 0.1) is 6.92 Å². The first kappa shape index (κ1) is 11.0. The largest absolute Gasteiger partial charge is 0.306 e. The fraction of sp³-hybridized carbons (Fsp3) is 0.308. The Morgan fingerprint density at radius 3 is 3.11 bits per heavy atom. The van der Waals surface area contributed by atoms with Gasteiger partial charge in [-0.15, -0.1) is 0 Å². The summed E-state index contributed by atoms with van der Waals surface area (Å²) in [6.07, 6.45) is 3.48. The highest BCUT2D eigenvalue weighted by Crippen LogP contribution is 2.31. The molecule has 1 aliphatic heterocycles. The van der Waals surface area contributed by atoms with Crippen molar-refractivity contribution in [2.45, 2.75) is 19.8 Å². The second kappa shape index (κ2) is 4.25. The fourth-order valence-corrected chi connectivity index (χ4v) is 2.49. The Morgan fingerprint density at radius 2 is 2.33 bits per heavy atom. The highest BCUT2D eigenvalue weighted by molar-refractivity contribution is 6.05. The van der Waals surface area contributed by atoms with Gasteiger partial charge < -0.3 is 4.90 Å². The van der Waals surface area contributed by atoms with E-state index < -0.39 is 0 Å². The summed E-state index contributed by atoms with van der Waals surface area (Å²) in [4.78, 5) is 14.2. The summed E-state index contributed by atoms with van der Waals surface area (Å²) < 4.78 is 0. The van der Waals surface area contributed by atoms with Gasteiger partial charge in [0.05, 0.1) is 11.9 Å². The molecule has 0 saturated carbocycles. The monoisotopic (exact) mass is 242 g/mol. The van der Waals surface area contributed by atoms with Crippen LogP contribution >= 0.6 is 0 Å². The molecule has 3 rings (SSSR count). The number of carbonyl (C=O) groups is 1. The van der Waals surface area contributed by atoms with Gasteiger partial charge in [-0.3, -0.25) is 4.79 Å². The lowest BCUT2D eigenvalue weighted by molar-refractivity contribution is 0.0980. The maximum atomic E-state index is 12.4. The molecule has 0 spiro atoms. The van der Waals surface area contributed by atoms with Crippen molar-refractivity contribution in [3.8, 4) is 0 Å². The minimum absolute atomic E-state index is 0.0843. The van der Waals surface area contributed by atoms with Crippen LogP contribution in [0.3, 0.4) is 0 Å². The molecule has 0 radical (unpaired) electrons. The number of nitrogens with zero attached hydrogens (tertiary/aromatic N) is 3. The lowest BCUT2D eigenvalue weighted by Gasteiger charge is -2.30. The lowest BCUT2D eigenvalue weighted by Crippen LogP contribution is -2.36. The van der Waals surface area contributed by atoms with Crippen LogP contribution in [0.25, 0.3) is 0 Å². The first-order valence-corrected chi connectivity index (χ1v) is 6.03. The Labute approximate surface area is 105 Å². The van der Waals surface area contributed by atoms with Crippen molar-refractivity contribution in [1.29, 1.82) is 0 Å². The second-order valence-corrected chi connectivity index (χ2v) is 4.50. The summed E-state index contributed by atoms with van der Waals surface area (Å²) in [6.45, 7) is 2.77. The van der Waals surface area contributed by atoms with Gasteiger partial charge in [-0.1, -0.05) is 18.2 Å². The molecule has 0 unspecified atom stereocenters. The highest BCUT2D eigenvalue weighted by atomic mass is 16.2. The number of aromatic amines is 1. The number of fused-ring (bicyclic) bond motifs is 1. The lowest BCUT2D eigenvalue weighted by atomic mass is 9.98. The third-order valence-electron chi connectivity index (χ3n) is 3.30. The maximum Gasteiger partial charge on any atom is 0.280 e. The molecule has 1 N–H and O–H groups in total. The topological polar surface area (TPSA) is 61.9 Å². The summed E-state index contributed by atoms with van der Waals surface area (Å²) >= 11 is 0. The van der Waals surface area contributed by atoms with Gasteiger partial charge in [-0.2, -0.15) is 15.4 Å². The molecular weight excluding hydrogens is 228 g/mol. The smallest absolute Gasteiger partial charge is 0.280 e. The molecule has 92 valence electrons. The van der Waals surface area contributed by atoms with Crippen LogP contribution in [0.1, 0.15) is 28.0 Å². The van der Waals surface area contributed by atoms with E-state index in [2.05, 4.69) is 21.5 Å². The van der Waals surface area contributed by atoms with Crippen molar-refractivity contribution in [3.63, 3.8) is 0 Å². The molecule has 0 saturated heterocycles. The zero-order valence-corrected chi connectivity index (χ0v) is 10.2. The predicted molar refractivity (Wildman–Crippen MR) is 67.6 cm³/mol. The summed E-state index contributed by atoms with van der Waals surface area (Å²) in [5, 5.41) is 10.0. The average molecular weight is 242 g/mol. The number of para-hydroxylation sites is 1. The van der Waals surface area contributed by atoms with Crippen molar-refractivity contribution in [3.05, 3.63) is 41.2 Å². The molecule has 1 amide bonds. The zero-order valence-electron chi connectivity index (χ0n) is 10.2. The first-order valence-electron chi connectivity index (χ1n) is 6.03. The van der Waals surface area contributed by atoms with Gasteiger partial charge in [0.25, 0.3) is 5.91 Å². The molecule has 1 aromatic heterocycles. The molecule has 5 heteroatoms. The van der Waals surface area contributed by atoms with Gasteiger partial charge >= 0.3 is 0 Å². The normalized spacial score (nSPS) is 14.4. The number of aryl methyl sites for hydroxylation is 2. The van der Waals surface area contributed by atoms with E-state index in [0.717, 1.165) is 30.6 Å². The number of rotatable bonds is 1. The van der Waals surface area contributed by atoms with E-state index in [1.54, 1.807) is 0 Å². The number of anilines is 1. The number of amides is 1. The van der Waals surface area contributed by atoms with Crippen LogP contribution in [0.5, 0.6) is 0 Å². The Hall–Kier alpha value is -2.17. The van der Waals surface area contributed by atoms with Crippen molar-refractivity contribution in [1.82, 2.24) is 15.4 Å². The Morgan fingerprint density at radius 1 is 1.44 bits per heavy atom. The van der Waals surface area contributed by atoms with E-state index in [4.69, 9.17) is 0 Å². The van der Waals surface area contributed by atoms with E-state index >= 15 is 0 Å². The van der Waals surface area contributed by atoms with Gasteiger partial charge in [-0.05, 0) is 30.9 Å². The van der Waals surface area contributed by atoms with E-state index in [1.165, 1.54) is 11.8 Å². The molecule has 0 fully saturated rings. The molecule has 2 heterocycles. The number of hydrogen-bond acceptors (Lipinski definition) is 3. The van der Waals surface area contributed by atoms with Crippen molar-refractivity contribution in [2.24, 2.45) is 0 Å². The number of benzene rings is 1. The van der Waals surface area contributed by atoms with Crippen LogP contribution in [-0.4, -0.2) is 27.9 Å². The van der Waals surface area contributed by atoms with Crippen molar-refractivity contribution < 1.29 is 4.79 Å². The third-order valence-corrected chi connectivity index (χ3v) is 3.30. The van der Waals surface area contributed by atoms with Gasteiger partial charge in [0.2, 0.25) is 0 Å². The maximum absolute atomic E-state index is 12.4. The molecule has 1 aromatic carbocycles. The average Bonchev–Trinajstić information content (AvgIpc) is 2.91. The van der Waals surface area contributed by atoms with Crippen LogP contribution < -0.4 is 4.90 Å². The Balaban J connectivity index is 2.04. The SMILES string of the molecule is Cc1cccc2c1N(C(=O)c1cn[nH]n1)CCC2. The first-order chi connectivity index (χ1) is 8.77. The van der Waals surface area contributed by atoms with Crippen molar-refractivity contribution >= 4 is 11.6 Å². The van der Waals surface area contributed by atoms with Crippen molar-refractivity contribution in [2.75, 3.05) is 11.4 Å². The van der Waals surface area contributed by atoms with Gasteiger partial charge in [-0.25, -0.2) is 0 Å². The fourth-order valence-electron chi connectivity index (χ4n) is 2.49. The molecule has 1 aliphatic rings. The third kappa shape index (κ3) is 1.68. The van der Waals surface area contributed by atoms with E-state index in [-0.39, 0.29) is 5.91 Å². The molecule has 5 nitrogen and oxygen atoms in total.